The van der Waals surface area contributed by atoms with E-state index in [1.165, 1.54) is 5.56 Å². The summed E-state index contributed by atoms with van der Waals surface area (Å²) in [5.41, 5.74) is 1.62. The second-order valence-electron chi connectivity index (χ2n) is 5.43. The van der Waals surface area contributed by atoms with Gasteiger partial charge in [-0.2, -0.15) is 0 Å². The van der Waals surface area contributed by atoms with Crippen LogP contribution in [0.5, 0.6) is 0 Å². The number of rotatable bonds is 3. The van der Waals surface area contributed by atoms with Gasteiger partial charge in [-0.3, -0.25) is 4.90 Å². The third-order valence-corrected chi connectivity index (χ3v) is 3.19. The molecule has 1 fully saturated rings. The lowest BCUT2D eigenvalue weighted by molar-refractivity contribution is -0.0882. The molecule has 4 nitrogen and oxygen atoms in total. The van der Waals surface area contributed by atoms with E-state index in [4.69, 9.17) is 14.8 Å². The van der Waals surface area contributed by atoms with Gasteiger partial charge in [-0.1, -0.05) is 24.3 Å². The summed E-state index contributed by atoms with van der Waals surface area (Å²) in [5, 5.41) is 18.1. The van der Waals surface area contributed by atoms with E-state index in [0.717, 1.165) is 26.2 Å². The molecular weight excluding hydrogens is 229 g/mol. The van der Waals surface area contributed by atoms with Gasteiger partial charge in [0.25, 0.3) is 0 Å². The maximum atomic E-state index is 9.03. The zero-order valence-corrected chi connectivity index (χ0v) is 11.0. The van der Waals surface area contributed by atoms with Gasteiger partial charge in [0.1, 0.15) is 0 Å². The minimum atomic E-state index is -1.39. The maximum Gasteiger partial charge on any atom is 0.488 e. The molecule has 0 aliphatic carbocycles. The van der Waals surface area contributed by atoms with Crippen LogP contribution in [0, 0.1) is 0 Å². The summed E-state index contributed by atoms with van der Waals surface area (Å²) >= 11 is 0. The highest BCUT2D eigenvalue weighted by Gasteiger charge is 2.26. The van der Waals surface area contributed by atoms with Crippen LogP contribution >= 0.6 is 0 Å². The number of ether oxygens (including phenoxy) is 1. The third kappa shape index (κ3) is 3.56. The molecule has 1 aromatic rings. The van der Waals surface area contributed by atoms with Gasteiger partial charge in [0, 0.05) is 19.6 Å². The van der Waals surface area contributed by atoms with Crippen LogP contribution in [0.25, 0.3) is 0 Å². The summed E-state index contributed by atoms with van der Waals surface area (Å²) < 4.78 is 5.68. The summed E-state index contributed by atoms with van der Waals surface area (Å²) in [5.74, 6) is 0. The van der Waals surface area contributed by atoms with Crippen LogP contribution < -0.4 is 5.46 Å². The van der Waals surface area contributed by atoms with Gasteiger partial charge in [0.15, 0.2) is 0 Å². The van der Waals surface area contributed by atoms with Crippen molar-refractivity contribution in [2.45, 2.75) is 26.0 Å². The molecule has 0 atom stereocenters. The monoisotopic (exact) mass is 249 g/mol. The van der Waals surface area contributed by atoms with Crippen molar-refractivity contribution in [1.29, 1.82) is 0 Å². The zero-order valence-electron chi connectivity index (χ0n) is 11.0. The molecule has 1 heterocycles. The lowest BCUT2D eigenvalue weighted by Crippen LogP contribution is -2.47. The van der Waals surface area contributed by atoms with Crippen LogP contribution in [0.3, 0.4) is 0 Å². The van der Waals surface area contributed by atoms with E-state index >= 15 is 0 Å². The van der Waals surface area contributed by atoms with E-state index in [2.05, 4.69) is 18.7 Å². The first-order valence-corrected chi connectivity index (χ1v) is 6.28. The number of morpholine rings is 1. The van der Waals surface area contributed by atoms with Crippen molar-refractivity contribution in [2.24, 2.45) is 0 Å². The van der Waals surface area contributed by atoms with Crippen molar-refractivity contribution < 1.29 is 14.8 Å². The Kier molecular flexibility index (Phi) is 4.07. The topological polar surface area (TPSA) is 52.9 Å². The molecule has 0 unspecified atom stereocenters. The Hall–Kier alpha value is -0.875. The lowest BCUT2D eigenvalue weighted by atomic mass is 9.80. The van der Waals surface area contributed by atoms with E-state index < -0.39 is 7.12 Å². The van der Waals surface area contributed by atoms with Crippen molar-refractivity contribution in [3.8, 4) is 0 Å². The van der Waals surface area contributed by atoms with Gasteiger partial charge in [0.05, 0.1) is 12.2 Å². The normalized spacial score (nSPS) is 19.8. The van der Waals surface area contributed by atoms with Gasteiger partial charge in [-0.25, -0.2) is 0 Å². The molecule has 1 aliphatic heterocycles. The number of nitrogens with zero attached hydrogens (tertiary/aromatic N) is 1. The molecule has 0 spiro atoms. The van der Waals surface area contributed by atoms with Crippen molar-refractivity contribution >= 4 is 12.6 Å². The first-order chi connectivity index (χ1) is 8.46. The second kappa shape index (κ2) is 5.40. The maximum absolute atomic E-state index is 9.03. The molecule has 1 saturated heterocycles. The predicted molar refractivity (Wildman–Crippen MR) is 71.6 cm³/mol. The molecule has 98 valence electrons. The van der Waals surface area contributed by atoms with Crippen molar-refractivity contribution in [3.05, 3.63) is 29.8 Å². The summed E-state index contributed by atoms with van der Waals surface area (Å²) in [6, 6.07) is 7.39. The second-order valence-corrected chi connectivity index (χ2v) is 5.43. The minimum Gasteiger partial charge on any atom is -0.423 e. The fourth-order valence-electron chi connectivity index (χ4n) is 2.30. The highest BCUT2D eigenvalue weighted by atomic mass is 16.5. The molecule has 1 aromatic carbocycles. The van der Waals surface area contributed by atoms with Crippen molar-refractivity contribution in [1.82, 2.24) is 4.90 Å². The van der Waals surface area contributed by atoms with E-state index in [-0.39, 0.29) is 5.60 Å². The molecule has 0 saturated carbocycles. The first kappa shape index (κ1) is 13.6. The van der Waals surface area contributed by atoms with Crippen molar-refractivity contribution in [2.75, 3.05) is 19.7 Å². The summed E-state index contributed by atoms with van der Waals surface area (Å²) in [7, 11) is -1.39. The summed E-state index contributed by atoms with van der Waals surface area (Å²) in [6.45, 7) is 7.69. The molecule has 0 aromatic heterocycles. The zero-order chi connectivity index (χ0) is 13.2. The van der Waals surface area contributed by atoms with Crippen LogP contribution in [-0.4, -0.2) is 47.4 Å². The Labute approximate surface area is 108 Å². The van der Waals surface area contributed by atoms with E-state index in [9.17, 15) is 0 Å². The van der Waals surface area contributed by atoms with Gasteiger partial charge < -0.3 is 14.8 Å². The third-order valence-electron chi connectivity index (χ3n) is 3.19. The molecule has 1 aliphatic rings. The van der Waals surface area contributed by atoms with E-state index in [0.29, 0.717) is 5.46 Å². The van der Waals surface area contributed by atoms with E-state index in [1.807, 2.05) is 12.1 Å². The number of benzene rings is 1. The minimum absolute atomic E-state index is 0.0838. The van der Waals surface area contributed by atoms with Crippen LogP contribution in [-0.2, 0) is 11.3 Å². The highest BCUT2D eigenvalue weighted by Crippen LogP contribution is 2.18. The molecule has 2 rings (SSSR count). The number of hydrogen-bond acceptors (Lipinski definition) is 4. The van der Waals surface area contributed by atoms with Crippen LogP contribution in [0.2, 0.25) is 0 Å². The largest absolute Gasteiger partial charge is 0.488 e. The summed E-state index contributed by atoms with van der Waals surface area (Å²) in [6.07, 6.45) is 0. The van der Waals surface area contributed by atoms with Crippen molar-refractivity contribution in [3.63, 3.8) is 0 Å². The Morgan fingerprint density at radius 1 is 1.28 bits per heavy atom. The molecule has 0 amide bonds. The number of hydrogen-bond donors (Lipinski definition) is 2. The standard InChI is InChI=1S/C13H20BNO3/c1-13(2)10-15(7-8-18-13)9-11-3-5-12(6-4-11)14(16)17/h3-6,16-17H,7-10H2,1-2H3. The highest BCUT2D eigenvalue weighted by molar-refractivity contribution is 6.58. The van der Waals surface area contributed by atoms with Crippen LogP contribution in [0.4, 0.5) is 0 Å². The Balaban J connectivity index is 1.97. The Morgan fingerprint density at radius 2 is 1.94 bits per heavy atom. The quantitative estimate of drug-likeness (QED) is 0.739. The molecule has 0 radical (unpaired) electrons. The van der Waals surface area contributed by atoms with Gasteiger partial charge in [-0.15, -0.1) is 0 Å². The van der Waals surface area contributed by atoms with Crippen LogP contribution in [0.1, 0.15) is 19.4 Å². The molecule has 18 heavy (non-hydrogen) atoms. The van der Waals surface area contributed by atoms with E-state index in [1.54, 1.807) is 12.1 Å². The molecule has 2 N–H and O–H groups in total. The van der Waals surface area contributed by atoms with Gasteiger partial charge >= 0.3 is 7.12 Å². The molecule has 5 heteroatoms. The average Bonchev–Trinajstić information content (AvgIpc) is 2.28. The fraction of sp³-hybridized carbons (Fsp3) is 0.538. The molecule has 0 bridgehead atoms. The average molecular weight is 249 g/mol. The van der Waals surface area contributed by atoms with Crippen LogP contribution in [0.15, 0.2) is 24.3 Å². The Bertz CT molecular complexity index is 392. The Morgan fingerprint density at radius 3 is 2.50 bits per heavy atom. The smallest absolute Gasteiger partial charge is 0.423 e. The lowest BCUT2D eigenvalue weighted by Gasteiger charge is -2.38. The SMILES string of the molecule is CC1(C)CN(Cc2ccc(B(O)O)cc2)CCO1. The summed E-state index contributed by atoms with van der Waals surface area (Å²) in [4.78, 5) is 2.36. The molecular formula is C13H20BNO3. The first-order valence-electron chi connectivity index (χ1n) is 6.28. The van der Waals surface area contributed by atoms with Gasteiger partial charge in [0.2, 0.25) is 0 Å². The predicted octanol–water partition coefficient (Wildman–Crippen LogP) is -0.0228. The fourth-order valence-corrected chi connectivity index (χ4v) is 2.30. The van der Waals surface area contributed by atoms with Gasteiger partial charge in [-0.05, 0) is 24.9 Å².